The van der Waals surface area contributed by atoms with Crippen molar-refractivity contribution in [2.45, 2.75) is 19.9 Å². The molecule has 0 bridgehead atoms. The summed E-state index contributed by atoms with van der Waals surface area (Å²) < 4.78 is 10.3. The summed E-state index contributed by atoms with van der Waals surface area (Å²) in [6.07, 6.45) is 4.27. The summed E-state index contributed by atoms with van der Waals surface area (Å²) in [7, 11) is 1.59. The molecule has 0 atom stereocenters. The summed E-state index contributed by atoms with van der Waals surface area (Å²) in [5.41, 5.74) is 1.53. The number of nitrogens with zero attached hydrogens (tertiary/aromatic N) is 2. The molecule has 134 valence electrons. The molecule has 0 saturated carbocycles. The number of amides is 1. The van der Waals surface area contributed by atoms with Crippen LogP contribution in [0.2, 0.25) is 0 Å². The largest absolute Gasteiger partial charge is 0.478 e. The molecule has 2 aromatic rings. The predicted octanol–water partition coefficient (Wildman–Crippen LogP) is 2.25. The Bertz CT molecular complexity index is 644. The Kier molecular flexibility index (Phi) is 7.65. The summed E-state index contributed by atoms with van der Waals surface area (Å²) in [6.45, 7) is 4.27. The summed E-state index contributed by atoms with van der Waals surface area (Å²) in [4.78, 5) is 20.4. The van der Waals surface area contributed by atoms with Crippen LogP contribution in [0.5, 0.6) is 5.88 Å². The molecule has 7 heteroatoms. The van der Waals surface area contributed by atoms with Crippen LogP contribution in [0.3, 0.4) is 0 Å². The van der Waals surface area contributed by atoms with E-state index >= 15 is 0 Å². The average Bonchev–Trinajstić information content (AvgIpc) is 2.66. The maximum Gasteiger partial charge on any atom is 0.252 e. The van der Waals surface area contributed by atoms with Gasteiger partial charge in [-0.2, -0.15) is 0 Å². The van der Waals surface area contributed by atoms with Gasteiger partial charge in [-0.3, -0.25) is 4.79 Å². The number of hydrogen-bond acceptors (Lipinski definition) is 6. The summed E-state index contributed by atoms with van der Waals surface area (Å²) >= 11 is 0. The molecule has 2 heterocycles. The second kappa shape index (κ2) is 10.2. The van der Waals surface area contributed by atoms with E-state index in [-0.39, 0.29) is 5.91 Å². The van der Waals surface area contributed by atoms with Gasteiger partial charge in [-0.25, -0.2) is 9.97 Å². The van der Waals surface area contributed by atoms with E-state index in [1.807, 2.05) is 12.1 Å². The fraction of sp³-hybridized carbons (Fsp3) is 0.389. The van der Waals surface area contributed by atoms with Crippen molar-refractivity contribution in [1.82, 2.24) is 15.3 Å². The van der Waals surface area contributed by atoms with Crippen molar-refractivity contribution in [2.75, 3.05) is 32.2 Å². The van der Waals surface area contributed by atoms with Crippen molar-refractivity contribution in [1.29, 1.82) is 0 Å². The molecule has 7 nitrogen and oxygen atoms in total. The zero-order valence-corrected chi connectivity index (χ0v) is 14.6. The van der Waals surface area contributed by atoms with Gasteiger partial charge in [-0.15, -0.1) is 0 Å². The van der Waals surface area contributed by atoms with Gasteiger partial charge in [0.1, 0.15) is 5.82 Å². The van der Waals surface area contributed by atoms with Crippen molar-refractivity contribution in [3.05, 3.63) is 47.8 Å². The smallest absolute Gasteiger partial charge is 0.252 e. The van der Waals surface area contributed by atoms with Gasteiger partial charge in [-0.1, -0.05) is 13.0 Å². The number of carbonyl (C=O) groups excluding carboxylic acids is 1. The molecule has 0 fully saturated rings. The highest BCUT2D eigenvalue weighted by atomic mass is 16.5. The molecule has 0 spiro atoms. The van der Waals surface area contributed by atoms with E-state index in [4.69, 9.17) is 9.47 Å². The number of hydrogen-bond donors (Lipinski definition) is 2. The molecule has 0 aliphatic rings. The standard InChI is InChI=1S/C18H24N4O3/c1-3-9-25-17-7-4-14(12-22-17)11-20-16-6-5-15(13-21-16)18(23)19-8-10-24-2/h4-7,12-13H,3,8-11H2,1-2H3,(H,19,23)(H,20,21). The van der Waals surface area contributed by atoms with Crippen molar-refractivity contribution < 1.29 is 14.3 Å². The molecular weight excluding hydrogens is 320 g/mol. The Labute approximate surface area is 147 Å². The first-order valence-corrected chi connectivity index (χ1v) is 8.27. The first kappa shape index (κ1) is 18.7. The predicted molar refractivity (Wildman–Crippen MR) is 95.8 cm³/mol. The molecule has 2 rings (SSSR count). The molecule has 0 radical (unpaired) electrons. The van der Waals surface area contributed by atoms with Crippen molar-refractivity contribution in [2.24, 2.45) is 0 Å². The minimum atomic E-state index is -0.164. The van der Waals surface area contributed by atoms with Gasteiger partial charge in [-0.05, 0) is 24.1 Å². The number of carbonyl (C=O) groups is 1. The SMILES string of the molecule is CCCOc1ccc(CNc2ccc(C(=O)NCCOC)cn2)cn1. The molecule has 2 aromatic heterocycles. The lowest BCUT2D eigenvalue weighted by Gasteiger charge is -2.08. The molecule has 0 aliphatic heterocycles. The highest BCUT2D eigenvalue weighted by Crippen LogP contribution is 2.10. The maximum atomic E-state index is 11.9. The molecular formula is C18H24N4O3. The monoisotopic (exact) mass is 344 g/mol. The lowest BCUT2D eigenvalue weighted by Crippen LogP contribution is -2.27. The molecule has 2 N–H and O–H groups in total. The van der Waals surface area contributed by atoms with Gasteiger partial charge in [0, 0.05) is 38.7 Å². The van der Waals surface area contributed by atoms with Crippen LogP contribution in [0.1, 0.15) is 29.3 Å². The van der Waals surface area contributed by atoms with Crippen LogP contribution in [0.15, 0.2) is 36.7 Å². The number of rotatable bonds is 10. The fourth-order valence-electron chi connectivity index (χ4n) is 2.00. The third-order valence-electron chi connectivity index (χ3n) is 3.34. The van der Waals surface area contributed by atoms with Crippen LogP contribution < -0.4 is 15.4 Å². The molecule has 25 heavy (non-hydrogen) atoms. The van der Waals surface area contributed by atoms with E-state index in [9.17, 15) is 4.79 Å². The number of ether oxygens (including phenoxy) is 2. The van der Waals surface area contributed by atoms with Crippen LogP contribution in [0.25, 0.3) is 0 Å². The summed E-state index contributed by atoms with van der Waals surface area (Å²) in [5, 5.41) is 5.95. The highest BCUT2D eigenvalue weighted by molar-refractivity contribution is 5.94. The first-order chi connectivity index (χ1) is 12.2. The van der Waals surface area contributed by atoms with E-state index in [1.165, 1.54) is 0 Å². The zero-order chi connectivity index (χ0) is 17.9. The van der Waals surface area contributed by atoms with Crippen molar-refractivity contribution in [3.63, 3.8) is 0 Å². The highest BCUT2D eigenvalue weighted by Gasteiger charge is 2.05. The average molecular weight is 344 g/mol. The second-order valence-corrected chi connectivity index (χ2v) is 5.39. The Hall–Kier alpha value is -2.67. The first-order valence-electron chi connectivity index (χ1n) is 8.27. The third-order valence-corrected chi connectivity index (χ3v) is 3.34. The summed E-state index contributed by atoms with van der Waals surface area (Å²) in [5.74, 6) is 1.16. The normalized spacial score (nSPS) is 10.3. The van der Waals surface area contributed by atoms with Gasteiger partial charge in [0.05, 0.1) is 18.8 Å². The van der Waals surface area contributed by atoms with Gasteiger partial charge < -0.3 is 20.1 Å². The number of pyridine rings is 2. The number of methoxy groups -OCH3 is 1. The maximum absolute atomic E-state index is 11.9. The number of nitrogens with one attached hydrogen (secondary N) is 2. The summed E-state index contributed by atoms with van der Waals surface area (Å²) in [6, 6.07) is 7.32. The number of anilines is 1. The number of aromatic nitrogens is 2. The zero-order valence-electron chi connectivity index (χ0n) is 14.6. The topological polar surface area (TPSA) is 85.4 Å². The molecule has 0 aliphatic carbocycles. The van der Waals surface area contributed by atoms with Gasteiger partial charge >= 0.3 is 0 Å². The Morgan fingerprint density at radius 1 is 1.12 bits per heavy atom. The van der Waals surface area contributed by atoms with E-state index in [2.05, 4.69) is 27.5 Å². The van der Waals surface area contributed by atoms with Crippen LogP contribution in [0, 0.1) is 0 Å². The van der Waals surface area contributed by atoms with Crippen LogP contribution in [0.4, 0.5) is 5.82 Å². The lowest BCUT2D eigenvalue weighted by molar-refractivity contribution is 0.0937. The molecule has 0 aromatic carbocycles. The minimum Gasteiger partial charge on any atom is -0.478 e. The van der Waals surface area contributed by atoms with E-state index in [1.54, 1.807) is 31.6 Å². The van der Waals surface area contributed by atoms with Gasteiger partial charge in [0.2, 0.25) is 5.88 Å². The second-order valence-electron chi connectivity index (χ2n) is 5.39. The van der Waals surface area contributed by atoms with E-state index < -0.39 is 0 Å². The Morgan fingerprint density at radius 2 is 2.00 bits per heavy atom. The van der Waals surface area contributed by atoms with Crippen LogP contribution in [-0.4, -0.2) is 42.7 Å². The fourth-order valence-corrected chi connectivity index (χ4v) is 2.00. The minimum absolute atomic E-state index is 0.164. The van der Waals surface area contributed by atoms with Crippen LogP contribution >= 0.6 is 0 Å². The van der Waals surface area contributed by atoms with E-state index in [0.717, 1.165) is 12.0 Å². The van der Waals surface area contributed by atoms with Gasteiger partial charge in [0.15, 0.2) is 0 Å². The molecule has 1 amide bonds. The van der Waals surface area contributed by atoms with Crippen molar-refractivity contribution >= 4 is 11.7 Å². The Morgan fingerprint density at radius 3 is 2.64 bits per heavy atom. The van der Waals surface area contributed by atoms with Crippen molar-refractivity contribution in [3.8, 4) is 5.88 Å². The van der Waals surface area contributed by atoms with E-state index in [0.29, 0.717) is 43.6 Å². The lowest BCUT2D eigenvalue weighted by atomic mass is 10.2. The van der Waals surface area contributed by atoms with Crippen LogP contribution in [-0.2, 0) is 11.3 Å². The quantitative estimate of drug-likeness (QED) is 0.643. The Balaban J connectivity index is 1.81. The van der Waals surface area contributed by atoms with Gasteiger partial charge in [0.25, 0.3) is 5.91 Å². The third kappa shape index (κ3) is 6.39. The molecule has 0 saturated heterocycles. The molecule has 0 unspecified atom stereocenters.